The van der Waals surface area contributed by atoms with Crippen LogP contribution in [0.1, 0.15) is 11.8 Å². The topological polar surface area (TPSA) is 149 Å². The van der Waals surface area contributed by atoms with Crippen molar-refractivity contribution < 1.29 is 19.7 Å². The molecule has 0 radical (unpaired) electrons. The number of aliphatic hydroxyl groups is 2. The number of nitrogen functional groups attached to an aromatic ring is 1. The molecule has 10 nitrogen and oxygen atoms in total. The third kappa shape index (κ3) is 3.19. The van der Waals surface area contributed by atoms with Gasteiger partial charge in [0.1, 0.15) is 18.3 Å². The van der Waals surface area contributed by atoms with E-state index in [1.165, 1.54) is 10.9 Å². The second-order valence-corrected chi connectivity index (χ2v) is 6.27. The van der Waals surface area contributed by atoms with Crippen molar-refractivity contribution >= 4 is 17.1 Å². The highest BCUT2D eigenvalue weighted by Gasteiger charge is 2.45. The van der Waals surface area contributed by atoms with Gasteiger partial charge in [0.2, 0.25) is 5.95 Å². The van der Waals surface area contributed by atoms with Gasteiger partial charge in [-0.25, -0.2) is 4.98 Å². The number of fused-ring (bicyclic) bond motifs is 1. The highest BCUT2D eigenvalue weighted by Crippen LogP contribution is 2.33. The Bertz CT molecular complexity index is 988. The number of nitrogens with zero attached hydrogens (tertiary/aromatic N) is 3. The van der Waals surface area contributed by atoms with Gasteiger partial charge in [0.15, 0.2) is 17.4 Å². The Hall–Kier alpha value is -2.79. The maximum Gasteiger partial charge on any atom is 0.280 e. The summed E-state index contributed by atoms with van der Waals surface area (Å²) in [5, 5.41) is 20.4. The fourth-order valence-corrected chi connectivity index (χ4v) is 3.20. The Morgan fingerprint density at radius 3 is 2.85 bits per heavy atom. The number of hydrogen-bond donors (Lipinski definition) is 4. The highest BCUT2D eigenvalue weighted by atomic mass is 16.6. The van der Waals surface area contributed by atoms with Crippen molar-refractivity contribution in [3.63, 3.8) is 0 Å². The van der Waals surface area contributed by atoms with Gasteiger partial charge in [-0.15, -0.1) is 0 Å². The molecule has 0 bridgehead atoms. The van der Waals surface area contributed by atoms with E-state index in [4.69, 9.17) is 15.2 Å². The van der Waals surface area contributed by atoms with E-state index in [0.717, 1.165) is 5.56 Å². The third-order valence-electron chi connectivity index (χ3n) is 4.50. The summed E-state index contributed by atoms with van der Waals surface area (Å²) in [6.45, 7) is -0.0829. The lowest BCUT2D eigenvalue weighted by Crippen LogP contribution is -2.36. The molecule has 3 heterocycles. The minimum atomic E-state index is -1.11. The number of nitrogens with two attached hydrogens (primary N) is 1. The van der Waals surface area contributed by atoms with E-state index in [1.807, 2.05) is 30.3 Å². The molecular formula is C17H19N5O5. The summed E-state index contributed by atoms with van der Waals surface area (Å²) >= 11 is 0. The fraction of sp³-hybridized carbons (Fsp3) is 0.353. The van der Waals surface area contributed by atoms with Crippen molar-refractivity contribution in [3.05, 3.63) is 52.6 Å². The summed E-state index contributed by atoms with van der Waals surface area (Å²) < 4.78 is 13.0. The van der Waals surface area contributed by atoms with Crippen LogP contribution in [0.25, 0.3) is 11.2 Å². The molecule has 1 saturated heterocycles. The predicted molar refractivity (Wildman–Crippen MR) is 94.6 cm³/mol. The molecule has 1 fully saturated rings. The van der Waals surface area contributed by atoms with Crippen LogP contribution in [0.3, 0.4) is 0 Å². The van der Waals surface area contributed by atoms with Crippen LogP contribution in [0.4, 0.5) is 5.95 Å². The van der Waals surface area contributed by atoms with E-state index in [9.17, 15) is 15.0 Å². The molecule has 2 aromatic heterocycles. The van der Waals surface area contributed by atoms with Crippen LogP contribution in [-0.4, -0.2) is 54.7 Å². The maximum absolute atomic E-state index is 11.9. The Kier molecular flexibility index (Phi) is 4.62. The second kappa shape index (κ2) is 7.08. The fourth-order valence-electron chi connectivity index (χ4n) is 3.20. The van der Waals surface area contributed by atoms with Crippen LogP contribution in [-0.2, 0) is 16.1 Å². The normalized spacial score (nSPS) is 25.3. The van der Waals surface area contributed by atoms with Gasteiger partial charge in [0.05, 0.1) is 19.5 Å². The summed E-state index contributed by atoms with van der Waals surface area (Å²) in [7, 11) is 0. The first-order chi connectivity index (χ1) is 13.1. The number of imidazole rings is 1. The van der Waals surface area contributed by atoms with Crippen LogP contribution < -0.4 is 11.3 Å². The van der Waals surface area contributed by atoms with Gasteiger partial charge in [-0.3, -0.25) is 14.3 Å². The van der Waals surface area contributed by atoms with E-state index in [2.05, 4.69) is 15.0 Å². The zero-order valence-corrected chi connectivity index (χ0v) is 14.2. The van der Waals surface area contributed by atoms with E-state index in [0.29, 0.717) is 0 Å². The molecule has 0 spiro atoms. The van der Waals surface area contributed by atoms with Crippen molar-refractivity contribution in [1.82, 2.24) is 19.5 Å². The zero-order chi connectivity index (χ0) is 19.0. The Balaban J connectivity index is 1.60. The number of benzene rings is 1. The molecule has 4 rings (SSSR count). The van der Waals surface area contributed by atoms with Crippen molar-refractivity contribution in [1.29, 1.82) is 0 Å². The lowest BCUT2D eigenvalue weighted by Gasteiger charge is -2.20. The Morgan fingerprint density at radius 1 is 1.33 bits per heavy atom. The van der Waals surface area contributed by atoms with Gasteiger partial charge in [-0.2, -0.15) is 4.98 Å². The van der Waals surface area contributed by atoms with Crippen molar-refractivity contribution in [2.24, 2.45) is 0 Å². The Morgan fingerprint density at radius 2 is 2.11 bits per heavy atom. The number of aliphatic hydroxyl groups excluding tert-OH is 2. The molecular weight excluding hydrogens is 354 g/mol. The summed E-state index contributed by atoms with van der Waals surface area (Å²) in [4.78, 5) is 22.4. The average Bonchev–Trinajstić information content (AvgIpc) is 3.21. The summed E-state index contributed by atoms with van der Waals surface area (Å²) in [5.41, 5.74) is 6.31. The molecule has 0 unspecified atom stereocenters. The largest absolute Gasteiger partial charge is 0.394 e. The zero-order valence-electron chi connectivity index (χ0n) is 14.2. The SMILES string of the molecule is Nc1nc2c(ncn2[C@@H]2O[C@H](CO)[C@@H](OCc3ccccc3)[C@H]2O)c(=O)[nH]1. The summed E-state index contributed by atoms with van der Waals surface area (Å²) in [5.74, 6) is -0.0719. The summed E-state index contributed by atoms with van der Waals surface area (Å²) in [6.07, 6.45) is -2.21. The van der Waals surface area contributed by atoms with Crippen molar-refractivity contribution in [2.75, 3.05) is 12.3 Å². The van der Waals surface area contributed by atoms with Crippen molar-refractivity contribution in [2.45, 2.75) is 31.1 Å². The molecule has 3 aromatic rings. The van der Waals surface area contributed by atoms with Crippen molar-refractivity contribution in [3.8, 4) is 0 Å². The van der Waals surface area contributed by atoms with E-state index in [-0.39, 0.29) is 30.3 Å². The number of H-pyrrole nitrogens is 1. The standard InChI is InChI=1S/C17H19N5O5/c18-17-20-14-11(15(25)21-17)19-8-22(14)16-12(24)13(10(6-23)27-16)26-7-9-4-2-1-3-5-9/h1-5,8,10,12-13,16,23-24H,6-7H2,(H3,18,20,21,25)/t10-,12-,13-,16-/m1/s1. The van der Waals surface area contributed by atoms with Crippen LogP contribution >= 0.6 is 0 Å². The predicted octanol–water partition coefficient (Wildman–Crippen LogP) is -0.462. The van der Waals surface area contributed by atoms with E-state index >= 15 is 0 Å². The monoisotopic (exact) mass is 373 g/mol. The van der Waals surface area contributed by atoms with Gasteiger partial charge in [0.25, 0.3) is 5.56 Å². The number of aromatic amines is 1. The molecule has 1 aliphatic heterocycles. The van der Waals surface area contributed by atoms with Crippen LogP contribution in [0.15, 0.2) is 41.5 Å². The molecule has 0 aliphatic carbocycles. The maximum atomic E-state index is 11.9. The Labute approximate surface area is 153 Å². The van der Waals surface area contributed by atoms with E-state index < -0.39 is 30.1 Å². The van der Waals surface area contributed by atoms with Crippen LogP contribution in [0.5, 0.6) is 0 Å². The number of aromatic nitrogens is 4. The molecule has 142 valence electrons. The molecule has 4 atom stereocenters. The third-order valence-corrected chi connectivity index (χ3v) is 4.50. The average molecular weight is 373 g/mol. The second-order valence-electron chi connectivity index (χ2n) is 6.27. The molecule has 1 aromatic carbocycles. The molecule has 0 amide bonds. The molecule has 5 N–H and O–H groups in total. The number of nitrogens with one attached hydrogen (secondary N) is 1. The van der Waals surface area contributed by atoms with Gasteiger partial charge in [0, 0.05) is 0 Å². The number of rotatable bonds is 5. The smallest absolute Gasteiger partial charge is 0.280 e. The number of anilines is 1. The van der Waals surface area contributed by atoms with E-state index in [1.54, 1.807) is 0 Å². The first-order valence-corrected chi connectivity index (χ1v) is 8.40. The first kappa shape index (κ1) is 17.6. The van der Waals surface area contributed by atoms with Crippen LogP contribution in [0, 0.1) is 0 Å². The highest BCUT2D eigenvalue weighted by molar-refractivity contribution is 5.70. The van der Waals surface area contributed by atoms with Gasteiger partial charge in [-0.1, -0.05) is 30.3 Å². The quantitative estimate of drug-likeness (QED) is 0.469. The lowest BCUT2D eigenvalue weighted by atomic mass is 10.1. The minimum Gasteiger partial charge on any atom is -0.394 e. The molecule has 0 saturated carbocycles. The lowest BCUT2D eigenvalue weighted by molar-refractivity contribution is -0.0650. The molecule has 10 heteroatoms. The van der Waals surface area contributed by atoms with Crippen LogP contribution in [0.2, 0.25) is 0 Å². The number of hydrogen-bond acceptors (Lipinski definition) is 8. The molecule has 27 heavy (non-hydrogen) atoms. The van der Waals surface area contributed by atoms with Gasteiger partial charge < -0.3 is 25.4 Å². The number of ether oxygens (including phenoxy) is 2. The van der Waals surface area contributed by atoms with Gasteiger partial charge in [-0.05, 0) is 5.56 Å². The molecule has 1 aliphatic rings. The minimum absolute atomic E-state index is 0.0719. The summed E-state index contributed by atoms with van der Waals surface area (Å²) in [6, 6.07) is 9.47. The first-order valence-electron chi connectivity index (χ1n) is 8.40. The van der Waals surface area contributed by atoms with Gasteiger partial charge >= 0.3 is 0 Å².